The van der Waals surface area contributed by atoms with E-state index in [9.17, 15) is 0 Å². The van der Waals surface area contributed by atoms with Crippen LogP contribution in [0.25, 0.3) is 6.08 Å². The lowest BCUT2D eigenvalue weighted by Gasteiger charge is -2.33. The van der Waals surface area contributed by atoms with Crippen LogP contribution in [-0.2, 0) is 6.42 Å². The predicted molar refractivity (Wildman–Crippen MR) is 97.4 cm³/mol. The molecule has 1 atom stereocenters. The number of anilines is 2. The third-order valence-corrected chi connectivity index (χ3v) is 4.98. The van der Waals surface area contributed by atoms with Crippen molar-refractivity contribution in [2.45, 2.75) is 31.8 Å². The van der Waals surface area contributed by atoms with Gasteiger partial charge in [0.25, 0.3) is 0 Å². The minimum atomic E-state index is -0.239. The van der Waals surface area contributed by atoms with Gasteiger partial charge in [0.15, 0.2) is 11.5 Å². The number of benzene rings is 1. The standard InChI is InChI=1S/C19H22N4O2/c1-19(14-3-4-14)6-5-12-7-11(9-15(24-2)16(12)25-19)8-13-10-22-18(21)23-17(13)20/h5-7,9-10,14H,3-4,8H2,1-2H3,(H4,20,21,22,23). The summed E-state index contributed by atoms with van der Waals surface area (Å²) >= 11 is 0. The van der Waals surface area contributed by atoms with Crippen molar-refractivity contribution in [1.82, 2.24) is 9.97 Å². The summed E-state index contributed by atoms with van der Waals surface area (Å²) in [5.41, 5.74) is 14.2. The molecule has 1 fully saturated rings. The third-order valence-electron chi connectivity index (χ3n) is 4.98. The van der Waals surface area contributed by atoms with Crippen LogP contribution in [0.2, 0.25) is 0 Å². The summed E-state index contributed by atoms with van der Waals surface area (Å²) in [4.78, 5) is 8.05. The summed E-state index contributed by atoms with van der Waals surface area (Å²) in [5.74, 6) is 2.72. The molecule has 2 aromatic rings. The molecular formula is C19H22N4O2. The second kappa shape index (κ2) is 5.65. The number of fused-ring (bicyclic) bond motifs is 1. The quantitative estimate of drug-likeness (QED) is 0.890. The average molecular weight is 338 g/mol. The van der Waals surface area contributed by atoms with E-state index in [0.29, 0.717) is 18.2 Å². The zero-order chi connectivity index (χ0) is 17.6. The minimum absolute atomic E-state index is 0.181. The number of aromatic nitrogens is 2. The fourth-order valence-corrected chi connectivity index (χ4v) is 3.35. The maximum atomic E-state index is 6.33. The molecule has 0 radical (unpaired) electrons. The molecule has 1 aromatic heterocycles. The molecule has 6 nitrogen and oxygen atoms in total. The van der Waals surface area contributed by atoms with Gasteiger partial charge >= 0.3 is 0 Å². The van der Waals surface area contributed by atoms with Crippen LogP contribution in [0.5, 0.6) is 11.5 Å². The van der Waals surface area contributed by atoms with Crippen molar-refractivity contribution < 1.29 is 9.47 Å². The lowest BCUT2D eigenvalue weighted by molar-refractivity contribution is 0.109. The van der Waals surface area contributed by atoms with E-state index in [0.717, 1.165) is 28.2 Å². The van der Waals surface area contributed by atoms with Crippen LogP contribution in [0.4, 0.5) is 11.8 Å². The number of nitrogen functional groups attached to an aromatic ring is 2. The lowest BCUT2D eigenvalue weighted by atomic mass is 9.93. The molecule has 25 heavy (non-hydrogen) atoms. The molecule has 4 rings (SSSR count). The average Bonchev–Trinajstić information content (AvgIpc) is 3.43. The molecule has 4 N–H and O–H groups in total. The highest BCUT2D eigenvalue weighted by atomic mass is 16.5. The maximum absolute atomic E-state index is 6.33. The summed E-state index contributed by atoms with van der Waals surface area (Å²) < 4.78 is 11.9. The largest absolute Gasteiger partial charge is 0.493 e. The Kier molecular flexibility index (Phi) is 3.56. The van der Waals surface area contributed by atoms with Crippen LogP contribution in [0, 0.1) is 5.92 Å². The van der Waals surface area contributed by atoms with Crippen LogP contribution in [-0.4, -0.2) is 22.7 Å². The SMILES string of the molecule is COc1cc(Cc2cnc(N)nc2N)cc2c1OC(C)(C1CC1)C=C2. The van der Waals surface area contributed by atoms with Crippen LogP contribution in [0.1, 0.15) is 36.5 Å². The van der Waals surface area contributed by atoms with E-state index in [4.69, 9.17) is 20.9 Å². The fraction of sp³-hybridized carbons (Fsp3) is 0.368. The molecular weight excluding hydrogens is 316 g/mol. The highest BCUT2D eigenvalue weighted by Crippen LogP contribution is 2.48. The zero-order valence-electron chi connectivity index (χ0n) is 14.5. The maximum Gasteiger partial charge on any atom is 0.221 e. The second-order valence-corrected chi connectivity index (χ2v) is 6.93. The summed E-state index contributed by atoms with van der Waals surface area (Å²) in [6, 6.07) is 4.08. The van der Waals surface area contributed by atoms with Gasteiger partial charge in [-0.1, -0.05) is 6.08 Å². The van der Waals surface area contributed by atoms with Gasteiger partial charge in [-0.3, -0.25) is 0 Å². The molecule has 0 spiro atoms. The Bertz CT molecular complexity index is 861. The Labute approximate surface area is 146 Å². The van der Waals surface area contributed by atoms with Crippen LogP contribution in [0.15, 0.2) is 24.4 Å². The molecule has 1 aliphatic heterocycles. The Hall–Kier alpha value is -2.76. The normalized spacial score (nSPS) is 21.5. The van der Waals surface area contributed by atoms with Crippen LogP contribution < -0.4 is 20.9 Å². The minimum Gasteiger partial charge on any atom is -0.493 e. The number of nitrogens with two attached hydrogens (primary N) is 2. The van der Waals surface area contributed by atoms with Gasteiger partial charge in [0.1, 0.15) is 11.4 Å². The van der Waals surface area contributed by atoms with E-state index in [-0.39, 0.29) is 11.5 Å². The molecule has 0 bridgehead atoms. The predicted octanol–water partition coefficient (Wildman–Crippen LogP) is 2.81. The Morgan fingerprint density at radius 1 is 1.32 bits per heavy atom. The van der Waals surface area contributed by atoms with E-state index >= 15 is 0 Å². The summed E-state index contributed by atoms with van der Waals surface area (Å²) in [6.07, 6.45) is 8.99. The van der Waals surface area contributed by atoms with Gasteiger partial charge in [0.05, 0.1) is 7.11 Å². The van der Waals surface area contributed by atoms with E-state index < -0.39 is 0 Å². The van der Waals surface area contributed by atoms with Crippen molar-refractivity contribution in [1.29, 1.82) is 0 Å². The lowest BCUT2D eigenvalue weighted by Crippen LogP contribution is -2.34. The number of methoxy groups -OCH3 is 1. The van der Waals surface area contributed by atoms with Crippen molar-refractivity contribution >= 4 is 17.8 Å². The Morgan fingerprint density at radius 3 is 2.80 bits per heavy atom. The second-order valence-electron chi connectivity index (χ2n) is 6.93. The molecule has 2 aliphatic rings. The summed E-state index contributed by atoms with van der Waals surface area (Å²) in [5, 5.41) is 0. The molecule has 0 amide bonds. The van der Waals surface area contributed by atoms with Gasteiger partial charge in [-0.15, -0.1) is 0 Å². The van der Waals surface area contributed by atoms with Crippen LogP contribution in [0.3, 0.4) is 0 Å². The van der Waals surface area contributed by atoms with Gasteiger partial charge < -0.3 is 20.9 Å². The van der Waals surface area contributed by atoms with Gasteiger partial charge in [-0.2, -0.15) is 4.98 Å². The molecule has 6 heteroatoms. The van der Waals surface area contributed by atoms with Crippen molar-refractivity contribution in [3.8, 4) is 11.5 Å². The highest BCUT2D eigenvalue weighted by molar-refractivity contribution is 5.67. The molecule has 1 aliphatic carbocycles. The zero-order valence-corrected chi connectivity index (χ0v) is 14.5. The van der Waals surface area contributed by atoms with Crippen molar-refractivity contribution in [3.05, 3.63) is 41.1 Å². The number of ether oxygens (including phenoxy) is 2. The van der Waals surface area contributed by atoms with Crippen molar-refractivity contribution in [2.24, 2.45) is 5.92 Å². The topological polar surface area (TPSA) is 96.3 Å². The third kappa shape index (κ3) is 2.88. The monoisotopic (exact) mass is 338 g/mol. The van der Waals surface area contributed by atoms with Crippen molar-refractivity contribution in [2.75, 3.05) is 18.6 Å². The summed E-state index contributed by atoms with van der Waals surface area (Å²) in [6.45, 7) is 2.14. The number of hydrogen-bond acceptors (Lipinski definition) is 6. The molecule has 130 valence electrons. The Morgan fingerprint density at radius 2 is 2.12 bits per heavy atom. The van der Waals surface area contributed by atoms with E-state index in [1.807, 2.05) is 6.07 Å². The number of hydrogen-bond donors (Lipinski definition) is 2. The highest BCUT2D eigenvalue weighted by Gasteiger charge is 2.44. The smallest absolute Gasteiger partial charge is 0.221 e. The first-order chi connectivity index (χ1) is 12.0. The van der Waals surface area contributed by atoms with Gasteiger partial charge in [-0.25, -0.2) is 4.98 Å². The first-order valence-electron chi connectivity index (χ1n) is 8.44. The first kappa shape index (κ1) is 15.7. The van der Waals surface area contributed by atoms with Gasteiger partial charge in [-0.05, 0) is 43.5 Å². The first-order valence-corrected chi connectivity index (χ1v) is 8.44. The fourth-order valence-electron chi connectivity index (χ4n) is 3.35. The van der Waals surface area contributed by atoms with Gasteiger partial charge in [0.2, 0.25) is 5.95 Å². The van der Waals surface area contributed by atoms with E-state index in [1.54, 1.807) is 13.3 Å². The molecule has 2 heterocycles. The molecule has 0 saturated heterocycles. The van der Waals surface area contributed by atoms with E-state index in [1.165, 1.54) is 12.8 Å². The molecule has 1 unspecified atom stereocenters. The summed E-state index contributed by atoms with van der Waals surface area (Å²) in [7, 11) is 1.66. The van der Waals surface area contributed by atoms with Gasteiger partial charge in [0, 0.05) is 29.7 Å². The Balaban J connectivity index is 1.68. The van der Waals surface area contributed by atoms with Crippen molar-refractivity contribution in [3.63, 3.8) is 0 Å². The van der Waals surface area contributed by atoms with E-state index in [2.05, 4.69) is 35.1 Å². The number of nitrogens with zero attached hydrogens (tertiary/aromatic N) is 2. The van der Waals surface area contributed by atoms with Crippen LogP contribution >= 0.6 is 0 Å². The number of rotatable bonds is 4. The molecule has 1 aromatic carbocycles. The molecule has 1 saturated carbocycles.